The summed E-state index contributed by atoms with van der Waals surface area (Å²) in [7, 11) is 0. The van der Waals surface area contributed by atoms with E-state index in [1.54, 1.807) is 32.0 Å². The topological polar surface area (TPSA) is 64.4 Å². The minimum Gasteiger partial charge on any atom is -0.478 e. The highest BCUT2D eigenvalue weighted by Crippen LogP contribution is 2.28. The van der Waals surface area contributed by atoms with Crippen LogP contribution in [0.15, 0.2) is 80.1 Å². The van der Waals surface area contributed by atoms with Crippen molar-refractivity contribution in [1.29, 1.82) is 0 Å². The molecule has 0 fully saturated rings. The summed E-state index contributed by atoms with van der Waals surface area (Å²) in [4.78, 5) is 17.4. The Morgan fingerprint density at radius 1 is 1.00 bits per heavy atom. The van der Waals surface area contributed by atoms with Crippen LogP contribution in [0.1, 0.15) is 13.8 Å². The molecule has 5 nitrogen and oxygen atoms in total. The zero-order valence-electron chi connectivity index (χ0n) is 16.3. The van der Waals surface area contributed by atoms with Crippen molar-refractivity contribution in [3.05, 3.63) is 75.7 Å². The molecule has 0 atom stereocenters. The fourth-order valence-electron chi connectivity index (χ4n) is 2.88. The number of anilines is 1. The largest absolute Gasteiger partial charge is 0.478 e. The normalized spacial score (nSPS) is 11.5. The fourth-order valence-corrected chi connectivity index (χ4v) is 3.54. The van der Waals surface area contributed by atoms with Crippen LogP contribution in [0.2, 0.25) is 0 Å². The predicted octanol–water partition coefficient (Wildman–Crippen LogP) is 6.82. The second-order valence-electron chi connectivity index (χ2n) is 7.23. The van der Waals surface area contributed by atoms with E-state index in [1.165, 1.54) is 0 Å². The van der Waals surface area contributed by atoms with Gasteiger partial charge in [0, 0.05) is 20.2 Å². The van der Waals surface area contributed by atoms with E-state index in [-0.39, 0.29) is 5.91 Å². The number of carbonyl (C=O) groups excluding carboxylic acids is 1. The number of nitrogens with one attached hydrogen (secondary N) is 1. The molecule has 0 aliphatic carbocycles. The van der Waals surface area contributed by atoms with Gasteiger partial charge >= 0.3 is 0 Å². The zero-order chi connectivity index (χ0) is 21.3. The van der Waals surface area contributed by atoms with Gasteiger partial charge in [0.15, 0.2) is 11.2 Å². The van der Waals surface area contributed by atoms with Crippen LogP contribution in [-0.4, -0.2) is 16.5 Å². The molecule has 0 radical (unpaired) electrons. The molecule has 4 rings (SSSR count). The Morgan fingerprint density at radius 3 is 2.50 bits per heavy atom. The smallest absolute Gasteiger partial charge is 0.267 e. The number of nitrogens with zero attached hydrogens (tertiary/aromatic N) is 1. The van der Waals surface area contributed by atoms with Gasteiger partial charge in [-0.15, -0.1) is 0 Å². The van der Waals surface area contributed by atoms with E-state index in [4.69, 9.17) is 9.15 Å². The van der Waals surface area contributed by atoms with E-state index in [0.29, 0.717) is 28.4 Å². The van der Waals surface area contributed by atoms with Crippen molar-refractivity contribution in [2.45, 2.75) is 19.4 Å². The summed E-state index contributed by atoms with van der Waals surface area (Å²) in [5, 5.41) is 2.90. The van der Waals surface area contributed by atoms with Crippen molar-refractivity contribution < 1.29 is 13.9 Å². The monoisotopic (exact) mass is 528 g/mol. The Kier molecular flexibility index (Phi) is 5.66. The summed E-state index contributed by atoms with van der Waals surface area (Å²) in [6, 6.07) is 20.5. The van der Waals surface area contributed by atoms with Gasteiger partial charge in [-0.1, -0.05) is 37.9 Å². The van der Waals surface area contributed by atoms with Crippen molar-refractivity contribution in [2.24, 2.45) is 0 Å². The molecule has 30 heavy (non-hydrogen) atoms. The minimum atomic E-state index is -1.06. The van der Waals surface area contributed by atoms with Gasteiger partial charge in [-0.3, -0.25) is 4.79 Å². The number of halogens is 2. The summed E-state index contributed by atoms with van der Waals surface area (Å²) in [6.07, 6.45) is 0. The lowest BCUT2D eigenvalue weighted by atomic mass is 10.1. The molecule has 1 heterocycles. The number of oxazole rings is 1. The van der Waals surface area contributed by atoms with Crippen LogP contribution in [-0.2, 0) is 4.79 Å². The van der Waals surface area contributed by atoms with E-state index in [0.717, 1.165) is 14.5 Å². The number of hydrogen-bond donors (Lipinski definition) is 1. The Labute approximate surface area is 190 Å². The third-order valence-corrected chi connectivity index (χ3v) is 5.47. The maximum Gasteiger partial charge on any atom is 0.267 e. The molecule has 0 saturated carbocycles. The highest BCUT2D eigenvalue weighted by molar-refractivity contribution is 9.10. The van der Waals surface area contributed by atoms with Crippen LogP contribution in [0, 0.1) is 0 Å². The zero-order valence-corrected chi connectivity index (χ0v) is 19.5. The molecule has 0 bridgehead atoms. The number of fused-ring (bicyclic) bond motifs is 1. The molecule has 1 N–H and O–H groups in total. The summed E-state index contributed by atoms with van der Waals surface area (Å²) >= 11 is 6.84. The number of amides is 1. The lowest BCUT2D eigenvalue weighted by molar-refractivity contribution is -0.128. The van der Waals surface area contributed by atoms with Crippen molar-refractivity contribution >= 4 is 54.6 Å². The molecule has 0 aliphatic rings. The van der Waals surface area contributed by atoms with Crippen LogP contribution in [0.4, 0.5) is 5.69 Å². The van der Waals surface area contributed by atoms with E-state index < -0.39 is 5.60 Å². The van der Waals surface area contributed by atoms with Crippen molar-refractivity contribution in [2.75, 3.05) is 5.32 Å². The molecule has 1 aromatic heterocycles. The highest BCUT2D eigenvalue weighted by Gasteiger charge is 2.30. The van der Waals surface area contributed by atoms with Crippen LogP contribution in [0.3, 0.4) is 0 Å². The van der Waals surface area contributed by atoms with Gasteiger partial charge in [-0.05, 0) is 74.5 Å². The maximum atomic E-state index is 12.8. The van der Waals surface area contributed by atoms with Gasteiger partial charge in [-0.25, -0.2) is 4.98 Å². The number of ether oxygens (including phenoxy) is 1. The van der Waals surface area contributed by atoms with Gasteiger partial charge in [-0.2, -0.15) is 0 Å². The number of rotatable bonds is 5. The van der Waals surface area contributed by atoms with Crippen LogP contribution < -0.4 is 10.1 Å². The average molecular weight is 530 g/mol. The number of benzene rings is 3. The Balaban J connectivity index is 1.52. The Bertz CT molecular complexity index is 1220. The van der Waals surface area contributed by atoms with Crippen molar-refractivity contribution in [1.82, 2.24) is 4.98 Å². The van der Waals surface area contributed by atoms with E-state index in [9.17, 15) is 4.79 Å². The molecule has 1 amide bonds. The molecule has 3 aromatic carbocycles. The average Bonchev–Trinajstić information content (AvgIpc) is 3.13. The van der Waals surface area contributed by atoms with Gasteiger partial charge in [0.1, 0.15) is 11.3 Å². The lowest BCUT2D eigenvalue weighted by Crippen LogP contribution is -2.42. The third kappa shape index (κ3) is 4.57. The number of carbonyl (C=O) groups is 1. The predicted molar refractivity (Wildman–Crippen MR) is 125 cm³/mol. The van der Waals surface area contributed by atoms with Crippen LogP contribution in [0.25, 0.3) is 22.6 Å². The van der Waals surface area contributed by atoms with Crippen LogP contribution in [0.5, 0.6) is 5.75 Å². The highest BCUT2D eigenvalue weighted by atomic mass is 79.9. The standard InChI is InChI=1S/C23H18Br2N2O3/c1-23(2,30-18-9-6-15(24)7-10-18)22(28)26-17-8-11-20-19(13-17)27-21(29-20)14-4-3-5-16(25)12-14/h3-13H,1-2H3,(H,26,28). The summed E-state index contributed by atoms with van der Waals surface area (Å²) in [5.74, 6) is 0.873. The van der Waals surface area contributed by atoms with Gasteiger partial charge in [0.2, 0.25) is 5.89 Å². The maximum absolute atomic E-state index is 12.8. The first kappa shape index (κ1) is 20.6. The van der Waals surface area contributed by atoms with E-state index in [2.05, 4.69) is 42.2 Å². The molecule has 152 valence electrons. The third-order valence-electron chi connectivity index (χ3n) is 4.45. The molecule has 0 spiro atoms. The minimum absolute atomic E-state index is 0.263. The first-order valence-electron chi connectivity index (χ1n) is 9.23. The van der Waals surface area contributed by atoms with Crippen LogP contribution >= 0.6 is 31.9 Å². The van der Waals surface area contributed by atoms with Gasteiger partial charge < -0.3 is 14.5 Å². The molecule has 4 aromatic rings. The first-order valence-corrected chi connectivity index (χ1v) is 10.8. The lowest BCUT2D eigenvalue weighted by Gasteiger charge is -2.25. The first-order chi connectivity index (χ1) is 14.3. The summed E-state index contributed by atoms with van der Waals surface area (Å²) in [6.45, 7) is 3.45. The van der Waals surface area contributed by atoms with E-state index >= 15 is 0 Å². The van der Waals surface area contributed by atoms with Crippen molar-refractivity contribution in [3.8, 4) is 17.2 Å². The van der Waals surface area contributed by atoms with Crippen molar-refractivity contribution in [3.63, 3.8) is 0 Å². The molecular formula is C23H18Br2N2O3. The van der Waals surface area contributed by atoms with Gasteiger partial charge in [0.25, 0.3) is 5.91 Å². The second kappa shape index (κ2) is 8.24. The second-order valence-corrected chi connectivity index (χ2v) is 9.06. The molecule has 0 aliphatic heterocycles. The van der Waals surface area contributed by atoms with Gasteiger partial charge in [0.05, 0.1) is 0 Å². The molecule has 0 unspecified atom stereocenters. The number of aromatic nitrogens is 1. The summed E-state index contributed by atoms with van der Waals surface area (Å²) in [5.41, 5.74) is 1.74. The summed E-state index contributed by atoms with van der Waals surface area (Å²) < 4.78 is 13.6. The molecule has 7 heteroatoms. The SMILES string of the molecule is CC(C)(Oc1ccc(Br)cc1)C(=O)Nc1ccc2oc(-c3cccc(Br)c3)nc2c1. The Morgan fingerprint density at radius 2 is 1.77 bits per heavy atom. The van der Waals surface area contributed by atoms with E-state index in [1.807, 2.05) is 48.5 Å². The quantitative estimate of drug-likeness (QED) is 0.308. The Hall–Kier alpha value is -2.64. The molecule has 0 saturated heterocycles. The fraction of sp³-hybridized carbons (Fsp3) is 0.130. The molecular weight excluding hydrogens is 512 g/mol. The number of hydrogen-bond acceptors (Lipinski definition) is 4.